The van der Waals surface area contributed by atoms with Crippen LogP contribution in [-0.2, 0) is 195 Å². The minimum atomic E-state index is -0.664. The summed E-state index contributed by atoms with van der Waals surface area (Å²) in [6.07, 6.45) is 4.14. The van der Waals surface area contributed by atoms with Crippen molar-refractivity contribution >= 4 is 47.5 Å². The zero-order chi connectivity index (χ0) is 112. The number of hydrogen-bond acceptors (Lipinski definition) is 47. The van der Waals surface area contributed by atoms with Crippen molar-refractivity contribution in [2.24, 2.45) is 11.3 Å². The molecule has 0 unspecified atom stereocenters. The second kappa shape index (κ2) is 146. The first-order valence-electron chi connectivity index (χ1n) is 51.4. The lowest BCUT2D eigenvalue weighted by Crippen LogP contribution is -2.43. The van der Waals surface area contributed by atoms with Gasteiger partial charge in [0.2, 0.25) is 23.6 Å². The van der Waals surface area contributed by atoms with Crippen molar-refractivity contribution in [1.29, 1.82) is 0 Å². The first-order chi connectivity index (χ1) is 72.8. The van der Waals surface area contributed by atoms with Crippen LogP contribution in [0.1, 0.15) is 67.2 Å². The molecular formula is C98H206N10O41. The van der Waals surface area contributed by atoms with Crippen LogP contribution in [-0.4, -0.2) is 568 Å². The number of rotatable bonds is 107. The molecule has 0 saturated heterocycles. The van der Waals surface area contributed by atoms with Crippen molar-refractivity contribution < 1.29 is 195 Å². The molecule has 51 nitrogen and oxygen atoms in total. The Hall–Kier alpha value is -5.64. The summed E-state index contributed by atoms with van der Waals surface area (Å²) in [4.78, 5) is 89.5. The highest BCUT2D eigenvalue weighted by Crippen LogP contribution is 2.21. The Balaban J connectivity index is -0.000000297. The molecule has 0 aliphatic heterocycles. The highest BCUT2D eigenvalue weighted by Gasteiger charge is 2.33. The van der Waals surface area contributed by atoms with Gasteiger partial charge in [-0.2, -0.15) is 0 Å². The van der Waals surface area contributed by atoms with Crippen LogP contribution in [0, 0.1) is 11.3 Å². The molecule has 0 atom stereocenters. The van der Waals surface area contributed by atoms with Gasteiger partial charge in [0.05, 0.1) is 292 Å². The van der Waals surface area contributed by atoms with Crippen LogP contribution >= 0.6 is 0 Å². The lowest BCUT2D eigenvalue weighted by molar-refractivity contribution is -0.142. The Morgan fingerprint density at radius 3 is 0.557 bits per heavy atom. The van der Waals surface area contributed by atoms with Crippen LogP contribution in [0.5, 0.6) is 0 Å². The van der Waals surface area contributed by atoms with Crippen molar-refractivity contribution in [1.82, 2.24) is 53.2 Å². The maximum atomic E-state index is 11.9. The average Bonchev–Trinajstić information content (AvgIpc) is 0.866. The smallest absolute Gasteiger partial charge is 0.325 e. The molecule has 0 spiro atoms. The van der Waals surface area contributed by atoms with E-state index >= 15 is 0 Å². The molecule has 0 aromatic rings. The fraction of sp³-hybridized carbons (Fsp3) is 0.918. The Kier molecular flexibility index (Phi) is 156. The zero-order valence-corrected chi connectivity index (χ0v) is 94.6. The van der Waals surface area contributed by atoms with Gasteiger partial charge in [0.1, 0.15) is 52.6 Å². The van der Waals surface area contributed by atoms with Crippen molar-refractivity contribution in [3.63, 3.8) is 0 Å². The van der Waals surface area contributed by atoms with Crippen molar-refractivity contribution in [2.75, 3.05) is 521 Å². The first-order valence-corrected chi connectivity index (χ1v) is 51.4. The monoisotopic (exact) mass is 2180 g/mol. The largest absolute Gasteiger partial charge is 0.468 e. The lowest BCUT2D eigenvalue weighted by atomic mass is 9.92. The predicted octanol–water partition coefficient (Wildman–Crippen LogP) is -0.982. The van der Waals surface area contributed by atoms with Gasteiger partial charge in [-0.3, -0.25) is 38.4 Å². The Morgan fingerprint density at radius 1 is 0.201 bits per heavy atom. The van der Waals surface area contributed by atoms with Crippen molar-refractivity contribution in [3.05, 3.63) is 0 Å². The molecule has 10 N–H and O–H groups in total. The van der Waals surface area contributed by atoms with E-state index in [0.717, 1.165) is 104 Å². The molecule has 0 aliphatic carbocycles. The molecule has 0 heterocycles. The molecule has 0 radical (unpaired) electrons. The third-order valence-corrected chi connectivity index (χ3v) is 17.4. The highest BCUT2D eigenvalue weighted by molar-refractivity contribution is 5.84. The zero-order valence-electron chi connectivity index (χ0n) is 94.6. The predicted molar refractivity (Wildman–Crippen MR) is 559 cm³/mol. The van der Waals surface area contributed by atoms with Gasteiger partial charge in [0.25, 0.3) is 0 Å². The van der Waals surface area contributed by atoms with Gasteiger partial charge in [0, 0.05) is 188 Å². The van der Waals surface area contributed by atoms with Crippen molar-refractivity contribution in [2.45, 2.75) is 67.2 Å². The van der Waals surface area contributed by atoms with Gasteiger partial charge in [-0.1, -0.05) is 34.6 Å². The molecule has 0 aromatic carbocycles. The molecule has 0 bridgehead atoms. The van der Waals surface area contributed by atoms with Crippen LogP contribution in [0.4, 0.5) is 0 Å². The second-order valence-electron chi connectivity index (χ2n) is 30.3. The van der Waals surface area contributed by atoms with Crippen LogP contribution in [0.3, 0.4) is 0 Å². The van der Waals surface area contributed by atoms with Gasteiger partial charge < -0.3 is 209 Å². The Labute approximate surface area is 891 Å². The summed E-state index contributed by atoms with van der Waals surface area (Å²) in [5, 5.41) is 28.9. The summed E-state index contributed by atoms with van der Waals surface area (Å²) >= 11 is 0. The maximum absolute atomic E-state index is 11.9. The molecule has 0 aromatic heterocycles. The third kappa shape index (κ3) is 151. The maximum Gasteiger partial charge on any atom is 0.325 e. The average molecular weight is 2180 g/mol. The van der Waals surface area contributed by atoms with Crippen molar-refractivity contribution in [3.8, 4) is 0 Å². The summed E-state index contributed by atoms with van der Waals surface area (Å²) < 4.78 is 173. The SMILES string of the molecule is CC.CCCOC.CCCOC.CCCOC.CCOCCOCC(=O)NCC(=O)OC.COCCNCCOCCOCC(COCCOCCNCCOC)(COCCOCCNCCOC)COCCOCC(=O)NCC(=O)OC.COCCNCCOCCOCC(COCCOCCNCCOC)COCCOCC(=O)NCC(=O)OC.COCCNCCOCCOCCCOCCOCC(=O)NCC(=O)OC. The normalized spacial score (nSPS) is 10.8. The third-order valence-electron chi connectivity index (χ3n) is 17.4. The van der Waals surface area contributed by atoms with Crippen LogP contribution in [0.25, 0.3) is 0 Å². The van der Waals surface area contributed by atoms with Gasteiger partial charge in [0.15, 0.2) is 0 Å². The lowest BCUT2D eigenvalue weighted by Gasteiger charge is -2.33. The number of esters is 4. The number of carbonyl (C=O) groups excluding carboxylic acids is 8. The molecular weight excluding hydrogens is 1970 g/mol. The number of carbonyl (C=O) groups is 8. The van der Waals surface area contributed by atoms with Gasteiger partial charge in [-0.05, 0) is 32.6 Å². The molecule has 894 valence electrons. The molecule has 51 heteroatoms. The van der Waals surface area contributed by atoms with Gasteiger partial charge in [-0.15, -0.1) is 0 Å². The number of hydrogen-bond donors (Lipinski definition) is 10. The number of ether oxygens (including phenoxy) is 33. The van der Waals surface area contributed by atoms with Crippen LogP contribution in [0.2, 0.25) is 0 Å². The van der Waals surface area contributed by atoms with E-state index in [-0.39, 0.29) is 117 Å². The van der Waals surface area contributed by atoms with E-state index in [1.807, 2.05) is 20.8 Å². The Morgan fingerprint density at radius 2 is 0.376 bits per heavy atom. The second-order valence-corrected chi connectivity index (χ2v) is 30.3. The standard InChI is InChI=1S/C33H68N4O14.C25H51N3O11.C17H34N2O8.C9H17NO5.3C4H10O.C2H6/c1-40-11-5-34-8-14-44-17-21-48-27-33(28-49-22-18-45-15-9-35-6-12-41-2,29-50-23-19-46-16-10-36-7-13-42-3)30-51-24-20-47-26-31(38)37-25-32(39)43-4;1-31-8-4-26-6-10-34-12-14-36-19-23(20-37-15-13-35-11-7-27-5-9-32-2)21-38-16-17-39-22-24(29)28-18-25(30)33-3;1-22-8-4-18-5-9-26-11-10-24-6-3-7-25-12-13-27-15-16(20)19-14-17(21)23-2;1-3-14-4-5-15-7-8(11)10-6-9(12)13-2;3*1-3-4-5-2;1-2/h34-36H,5-30H2,1-4H3,(H,37,38);23,26-27H,4-22H2,1-3H3,(H,28,29);18H,3-15H2,1-2H3,(H,19,20);3-7H2,1-2H3,(H,10,11);3*3-4H2,1-2H3;1-2H3. The fourth-order valence-corrected chi connectivity index (χ4v) is 9.81. The van der Waals surface area contributed by atoms with E-state index < -0.39 is 41.1 Å². The van der Waals surface area contributed by atoms with Crippen LogP contribution < -0.4 is 53.2 Å². The first kappa shape index (κ1) is 159. The fourth-order valence-electron chi connectivity index (χ4n) is 9.81. The van der Waals surface area contributed by atoms with Gasteiger partial charge in [-0.25, -0.2) is 0 Å². The summed E-state index contributed by atoms with van der Waals surface area (Å²) in [6.45, 7) is 42.3. The molecule has 4 amide bonds. The van der Waals surface area contributed by atoms with Crippen LogP contribution in [0.15, 0.2) is 0 Å². The van der Waals surface area contributed by atoms with E-state index in [4.69, 9.17) is 137 Å². The van der Waals surface area contributed by atoms with E-state index in [1.54, 1.807) is 64.0 Å². The molecule has 0 saturated carbocycles. The summed E-state index contributed by atoms with van der Waals surface area (Å²) in [5.41, 5.74) is -0.664. The summed E-state index contributed by atoms with van der Waals surface area (Å²) in [5.74, 6) is -3.60. The molecule has 0 fully saturated rings. The Bertz CT molecular complexity index is 2540. The van der Waals surface area contributed by atoms with E-state index in [0.29, 0.717) is 251 Å². The topological polar surface area (TPSA) is 561 Å². The van der Waals surface area contributed by atoms with E-state index in [9.17, 15) is 38.4 Å². The van der Waals surface area contributed by atoms with E-state index in [2.05, 4.69) is 92.9 Å². The minimum Gasteiger partial charge on any atom is -0.468 e. The quantitative estimate of drug-likeness (QED) is 0.0199. The minimum absolute atomic E-state index is 0.0137. The molecule has 0 rings (SSSR count). The molecule has 149 heavy (non-hydrogen) atoms. The summed E-state index contributed by atoms with van der Waals surface area (Å²) in [6, 6.07) is 0. The number of nitrogens with one attached hydrogen (secondary N) is 10. The highest BCUT2D eigenvalue weighted by atomic mass is 16.6. The number of amides is 4. The number of methoxy groups -OCH3 is 13. The summed E-state index contributed by atoms with van der Waals surface area (Å²) in [7, 11) is 20.2. The van der Waals surface area contributed by atoms with Gasteiger partial charge >= 0.3 is 23.9 Å². The molecule has 0 aliphatic rings. The van der Waals surface area contributed by atoms with E-state index in [1.165, 1.54) is 28.4 Å².